The molecule has 1 unspecified atom stereocenters. The maximum atomic E-state index is 11.0. The third-order valence-electron chi connectivity index (χ3n) is 2.05. The lowest BCUT2D eigenvalue weighted by Crippen LogP contribution is -2.30. The minimum Gasteiger partial charge on any atom is -0.447 e. The molecule has 1 heterocycles. The first kappa shape index (κ1) is 9.58. The van der Waals surface area contributed by atoms with Gasteiger partial charge in [-0.2, -0.15) is 0 Å². The van der Waals surface area contributed by atoms with Gasteiger partial charge in [-0.25, -0.2) is 4.79 Å². The van der Waals surface area contributed by atoms with Crippen molar-refractivity contribution in [2.45, 2.75) is 6.04 Å². The number of hydrogen-bond donors (Lipinski definition) is 0. The number of amides is 1. The van der Waals surface area contributed by atoms with Crippen molar-refractivity contribution in [3.05, 3.63) is 37.0 Å². The largest absolute Gasteiger partial charge is 0.447 e. The predicted molar refractivity (Wildman–Crippen MR) is 51.4 cm³/mol. The van der Waals surface area contributed by atoms with Crippen molar-refractivity contribution in [1.29, 1.82) is 0 Å². The average Bonchev–Trinajstić information content (AvgIpc) is 2.45. The van der Waals surface area contributed by atoms with Crippen molar-refractivity contribution in [2.75, 3.05) is 13.7 Å². The fraction of sp³-hybridized carbons (Fsp3) is 0.300. The molecule has 1 rings (SSSR count). The molecule has 0 aromatic carbocycles. The number of carbonyl (C=O) groups is 1. The molecular formula is C10H13NO2. The van der Waals surface area contributed by atoms with Gasteiger partial charge in [0.1, 0.15) is 6.61 Å². The first-order chi connectivity index (χ1) is 6.20. The van der Waals surface area contributed by atoms with E-state index in [-0.39, 0.29) is 12.1 Å². The number of rotatable bonds is 3. The van der Waals surface area contributed by atoms with Crippen molar-refractivity contribution < 1.29 is 9.53 Å². The summed E-state index contributed by atoms with van der Waals surface area (Å²) in [7, 11) is 1.71. The van der Waals surface area contributed by atoms with Gasteiger partial charge in [-0.1, -0.05) is 31.4 Å². The lowest BCUT2D eigenvalue weighted by molar-refractivity contribution is 0.163. The van der Waals surface area contributed by atoms with Gasteiger partial charge in [-0.3, -0.25) is 0 Å². The Morgan fingerprint density at radius 1 is 1.69 bits per heavy atom. The molecular weight excluding hydrogens is 166 g/mol. The molecule has 1 amide bonds. The van der Waals surface area contributed by atoms with E-state index in [0.29, 0.717) is 6.61 Å². The third-order valence-corrected chi connectivity index (χ3v) is 2.05. The van der Waals surface area contributed by atoms with Gasteiger partial charge in [-0.05, 0) is 5.57 Å². The highest BCUT2D eigenvalue weighted by molar-refractivity contribution is 5.70. The monoisotopic (exact) mass is 179 g/mol. The minimum absolute atomic E-state index is 0.0250. The number of allylic oxidation sites excluding steroid dienone is 2. The summed E-state index contributed by atoms with van der Waals surface area (Å²) in [6, 6.07) is -0.0250. The van der Waals surface area contributed by atoms with Crippen LogP contribution in [0.5, 0.6) is 0 Å². The van der Waals surface area contributed by atoms with E-state index >= 15 is 0 Å². The van der Waals surface area contributed by atoms with E-state index in [1.165, 1.54) is 0 Å². The van der Waals surface area contributed by atoms with E-state index in [0.717, 1.165) is 5.57 Å². The zero-order chi connectivity index (χ0) is 9.84. The van der Waals surface area contributed by atoms with Crippen LogP contribution in [0.2, 0.25) is 0 Å². The Balaban J connectivity index is 2.82. The van der Waals surface area contributed by atoms with Gasteiger partial charge in [-0.15, -0.1) is 0 Å². The Kier molecular flexibility index (Phi) is 2.90. The fourth-order valence-corrected chi connectivity index (χ4v) is 1.26. The Labute approximate surface area is 78.0 Å². The summed E-state index contributed by atoms with van der Waals surface area (Å²) in [6.45, 7) is 7.66. The number of ether oxygens (including phenoxy) is 1. The van der Waals surface area contributed by atoms with Crippen molar-refractivity contribution in [3.63, 3.8) is 0 Å². The SMILES string of the molecule is C=C/C=C(\C=C)C1COC(=O)N1C. The lowest BCUT2D eigenvalue weighted by atomic mass is 10.1. The Hall–Kier alpha value is -1.51. The highest BCUT2D eigenvalue weighted by atomic mass is 16.6. The van der Waals surface area contributed by atoms with Crippen LogP contribution in [-0.2, 0) is 4.74 Å². The number of hydrogen-bond acceptors (Lipinski definition) is 2. The maximum Gasteiger partial charge on any atom is 0.410 e. The van der Waals surface area contributed by atoms with Crippen LogP contribution in [0.25, 0.3) is 0 Å². The molecule has 13 heavy (non-hydrogen) atoms. The fourth-order valence-electron chi connectivity index (χ4n) is 1.26. The first-order valence-corrected chi connectivity index (χ1v) is 4.05. The molecule has 3 nitrogen and oxygen atoms in total. The topological polar surface area (TPSA) is 29.5 Å². The van der Waals surface area contributed by atoms with E-state index in [4.69, 9.17) is 4.74 Å². The van der Waals surface area contributed by atoms with E-state index in [9.17, 15) is 4.79 Å². The molecule has 0 radical (unpaired) electrons. The first-order valence-electron chi connectivity index (χ1n) is 4.05. The molecule has 0 bridgehead atoms. The maximum absolute atomic E-state index is 11.0. The van der Waals surface area contributed by atoms with Crippen LogP contribution in [0.1, 0.15) is 0 Å². The van der Waals surface area contributed by atoms with Crippen LogP contribution in [-0.4, -0.2) is 30.7 Å². The second kappa shape index (κ2) is 3.94. The normalized spacial score (nSPS) is 22.8. The van der Waals surface area contributed by atoms with Crippen LogP contribution < -0.4 is 0 Å². The van der Waals surface area contributed by atoms with Crippen molar-refractivity contribution in [1.82, 2.24) is 4.90 Å². The highest BCUT2D eigenvalue weighted by Crippen LogP contribution is 2.17. The summed E-state index contributed by atoms with van der Waals surface area (Å²) >= 11 is 0. The number of carbonyl (C=O) groups excluding carboxylic acids is 1. The van der Waals surface area contributed by atoms with Gasteiger partial charge in [0.2, 0.25) is 0 Å². The molecule has 0 aliphatic carbocycles. The van der Waals surface area contributed by atoms with E-state index < -0.39 is 0 Å². The average molecular weight is 179 g/mol. The second-order valence-electron chi connectivity index (χ2n) is 2.81. The van der Waals surface area contributed by atoms with Crippen molar-refractivity contribution in [3.8, 4) is 0 Å². The Morgan fingerprint density at radius 3 is 2.77 bits per heavy atom. The number of likely N-dealkylation sites (N-methyl/N-ethyl adjacent to an activating group) is 1. The molecule has 1 saturated heterocycles. The van der Waals surface area contributed by atoms with E-state index in [1.54, 1.807) is 24.1 Å². The molecule has 0 saturated carbocycles. The van der Waals surface area contributed by atoms with Gasteiger partial charge < -0.3 is 9.64 Å². The predicted octanol–water partition coefficient (Wildman–Crippen LogP) is 1.74. The van der Waals surface area contributed by atoms with E-state index in [1.807, 2.05) is 6.08 Å². The van der Waals surface area contributed by atoms with Crippen LogP contribution in [0.4, 0.5) is 4.79 Å². The molecule has 1 atom stereocenters. The van der Waals surface area contributed by atoms with Crippen LogP contribution in [0.3, 0.4) is 0 Å². The zero-order valence-electron chi connectivity index (χ0n) is 7.69. The van der Waals surface area contributed by atoms with Crippen molar-refractivity contribution >= 4 is 6.09 Å². The minimum atomic E-state index is -0.290. The summed E-state index contributed by atoms with van der Waals surface area (Å²) in [5, 5.41) is 0. The molecule has 0 aromatic rings. The summed E-state index contributed by atoms with van der Waals surface area (Å²) in [6.07, 6.45) is 4.93. The van der Waals surface area contributed by atoms with Crippen LogP contribution in [0, 0.1) is 0 Å². The molecule has 1 fully saturated rings. The number of cyclic esters (lactones) is 1. The van der Waals surface area contributed by atoms with Gasteiger partial charge >= 0.3 is 6.09 Å². The lowest BCUT2D eigenvalue weighted by Gasteiger charge is -2.16. The Morgan fingerprint density at radius 2 is 2.38 bits per heavy atom. The second-order valence-corrected chi connectivity index (χ2v) is 2.81. The summed E-state index contributed by atoms with van der Waals surface area (Å²) in [5.74, 6) is 0. The van der Waals surface area contributed by atoms with Gasteiger partial charge in [0.05, 0.1) is 6.04 Å². The molecule has 0 aromatic heterocycles. The van der Waals surface area contributed by atoms with Gasteiger partial charge in [0.15, 0.2) is 0 Å². The van der Waals surface area contributed by atoms with Gasteiger partial charge in [0, 0.05) is 7.05 Å². The molecule has 70 valence electrons. The zero-order valence-corrected chi connectivity index (χ0v) is 7.69. The molecule has 0 N–H and O–H groups in total. The van der Waals surface area contributed by atoms with Gasteiger partial charge in [0.25, 0.3) is 0 Å². The molecule has 3 heteroatoms. The standard InChI is InChI=1S/C10H13NO2/c1-4-6-8(5-2)9-7-13-10(12)11(9)3/h4-6,9H,1-2,7H2,3H3/b8-6+. The third kappa shape index (κ3) is 1.80. The molecule has 0 spiro atoms. The van der Waals surface area contributed by atoms with E-state index in [2.05, 4.69) is 13.2 Å². The highest BCUT2D eigenvalue weighted by Gasteiger charge is 2.30. The molecule has 1 aliphatic rings. The number of nitrogens with zero attached hydrogens (tertiary/aromatic N) is 1. The van der Waals surface area contributed by atoms with Crippen LogP contribution >= 0.6 is 0 Å². The summed E-state index contributed by atoms with van der Waals surface area (Å²) in [5.41, 5.74) is 0.948. The Bertz CT molecular complexity index is 268. The van der Waals surface area contributed by atoms with Crippen molar-refractivity contribution in [2.24, 2.45) is 0 Å². The van der Waals surface area contributed by atoms with Crippen LogP contribution in [0.15, 0.2) is 37.0 Å². The summed E-state index contributed by atoms with van der Waals surface area (Å²) < 4.78 is 4.87. The molecule has 1 aliphatic heterocycles. The quantitative estimate of drug-likeness (QED) is 0.617. The summed E-state index contributed by atoms with van der Waals surface area (Å²) in [4.78, 5) is 12.6. The smallest absolute Gasteiger partial charge is 0.410 e.